The highest BCUT2D eigenvalue weighted by molar-refractivity contribution is 6.36. The summed E-state index contributed by atoms with van der Waals surface area (Å²) in [5, 5.41) is 2.75. The summed E-state index contributed by atoms with van der Waals surface area (Å²) in [5.74, 6) is -0.174. The van der Waals surface area contributed by atoms with E-state index >= 15 is 0 Å². The van der Waals surface area contributed by atoms with Gasteiger partial charge in [0.25, 0.3) is 5.91 Å². The van der Waals surface area contributed by atoms with Crippen LogP contribution in [0.2, 0.25) is 0 Å². The Hall–Kier alpha value is -1.98. The lowest BCUT2D eigenvalue weighted by atomic mass is 9.95. The third-order valence-electron chi connectivity index (χ3n) is 4.99. The van der Waals surface area contributed by atoms with Crippen LogP contribution in [0.25, 0.3) is 0 Å². The van der Waals surface area contributed by atoms with Gasteiger partial charge in [0.15, 0.2) is 0 Å². The van der Waals surface area contributed by atoms with E-state index in [1.807, 2.05) is 20.8 Å². The van der Waals surface area contributed by atoms with Gasteiger partial charge >= 0.3 is 0 Å². The number of nitrogens with zero attached hydrogens (tertiary/aromatic N) is 3. The number of hydrogen-bond acceptors (Lipinski definition) is 5. The summed E-state index contributed by atoms with van der Waals surface area (Å²) < 4.78 is 0. The Morgan fingerprint density at radius 3 is 2.60 bits per heavy atom. The number of anilines is 1. The van der Waals surface area contributed by atoms with E-state index in [-0.39, 0.29) is 18.2 Å². The number of aryl methyl sites for hydroxylation is 1. The zero-order chi connectivity index (χ0) is 18.4. The van der Waals surface area contributed by atoms with E-state index in [9.17, 15) is 9.59 Å². The van der Waals surface area contributed by atoms with Crippen LogP contribution < -0.4 is 10.2 Å². The van der Waals surface area contributed by atoms with Crippen molar-refractivity contribution in [3.05, 3.63) is 17.5 Å². The summed E-state index contributed by atoms with van der Waals surface area (Å²) in [4.78, 5) is 34.9. The Morgan fingerprint density at radius 1 is 1.32 bits per heavy atom. The van der Waals surface area contributed by atoms with Crippen LogP contribution in [0.15, 0.2) is 6.20 Å². The maximum Gasteiger partial charge on any atom is 0.287 e. The maximum absolute atomic E-state index is 11.9. The topological polar surface area (TPSA) is 75.2 Å². The molecule has 1 aromatic heterocycles. The van der Waals surface area contributed by atoms with Gasteiger partial charge < -0.3 is 10.2 Å². The highest BCUT2D eigenvalue weighted by Gasteiger charge is 2.22. The average Bonchev–Trinajstić information content (AvgIpc) is 2.61. The fourth-order valence-corrected chi connectivity index (χ4v) is 3.39. The highest BCUT2D eigenvalue weighted by Crippen LogP contribution is 2.25. The molecule has 0 spiro atoms. The van der Waals surface area contributed by atoms with Gasteiger partial charge in [0.1, 0.15) is 0 Å². The number of Topliss-reactive ketones (excluding diaryl/α,β-unsaturated/α-hetero) is 1. The van der Waals surface area contributed by atoms with Crippen molar-refractivity contribution in [2.24, 2.45) is 0 Å². The molecule has 1 fully saturated rings. The zero-order valence-electron chi connectivity index (χ0n) is 15.8. The van der Waals surface area contributed by atoms with Gasteiger partial charge in [-0.15, -0.1) is 0 Å². The molecule has 1 heterocycles. The maximum atomic E-state index is 11.9. The first kappa shape index (κ1) is 19.3. The van der Waals surface area contributed by atoms with Gasteiger partial charge in [0.05, 0.1) is 6.04 Å². The molecule has 1 aromatic rings. The quantitative estimate of drug-likeness (QED) is 0.768. The van der Waals surface area contributed by atoms with Crippen molar-refractivity contribution in [2.45, 2.75) is 77.8 Å². The highest BCUT2D eigenvalue weighted by atomic mass is 16.2. The molecule has 0 aliphatic heterocycles. The number of amides is 1. The number of rotatable bonds is 7. The molecule has 138 valence electrons. The number of nitrogens with one attached hydrogen (secondary N) is 1. The predicted molar refractivity (Wildman–Crippen MR) is 98.5 cm³/mol. The van der Waals surface area contributed by atoms with Crippen LogP contribution in [0.1, 0.15) is 76.1 Å². The minimum atomic E-state index is -0.530. The standard InChI is InChI=1S/C19H30N4O2/c1-5-9-17(24)18(25)21-13(2)16-12-20-19(22-14(16)3)23(4)15-10-7-6-8-11-15/h12-13,15H,5-11H2,1-4H3,(H,21,25)/t13-/m1/s1. The predicted octanol–water partition coefficient (Wildman–Crippen LogP) is 3.10. The molecule has 1 aliphatic rings. The van der Waals surface area contributed by atoms with E-state index in [1.165, 1.54) is 32.1 Å². The second kappa shape index (κ2) is 8.92. The lowest BCUT2D eigenvalue weighted by molar-refractivity contribution is -0.138. The third-order valence-corrected chi connectivity index (χ3v) is 4.99. The smallest absolute Gasteiger partial charge is 0.287 e. The lowest BCUT2D eigenvalue weighted by Gasteiger charge is -2.31. The summed E-state index contributed by atoms with van der Waals surface area (Å²) in [5.41, 5.74) is 1.68. The molecule has 0 unspecified atom stereocenters. The average molecular weight is 346 g/mol. The summed E-state index contributed by atoms with van der Waals surface area (Å²) in [6, 6.07) is 0.213. The van der Waals surface area contributed by atoms with Crippen LogP contribution in [0.3, 0.4) is 0 Å². The van der Waals surface area contributed by atoms with E-state index in [1.54, 1.807) is 6.20 Å². The van der Waals surface area contributed by atoms with Crippen LogP contribution in [-0.2, 0) is 9.59 Å². The normalized spacial score (nSPS) is 16.3. The summed E-state index contributed by atoms with van der Waals surface area (Å²) in [7, 11) is 2.05. The molecule has 1 atom stereocenters. The second-order valence-corrected chi connectivity index (χ2v) is 6.98. The van der Waals surface area contributed by atoms with Crippen molar-refractivity contribution in [1.29, 1.82) is 0 Å². The first-order chi connectivity index (χ1) is 11.9. The van der Waals surface area contributed by atoms with Crippen molar-refractivity contribution < 1.29 is 9.59 Å². The third kappa shape index (κ3) is 5.00. The Bertz CT molecular complexity index is 611. The van der Waals surface area contributed by atoms with E-state index in [0.717, 1.165) is 17.2 Å². The molecule has 1 aliphatic carbocycles. The molecule has 25 heavy (non-hydrogen) atoms. The van der Waals surface area contributed by atoms with E-state index in [2.05, 4.69) is 27.2 Å². The minimum absolute atomic E-state index is 0.277. The Kier molecular flexibility index (Phi) is 6.91. The molecule has 0 bridgehead atoms. The first-order valence-electron chi connectivity index (χ1n) is 9.34. The number of hydrogen-bond donors (Lipinski definition) is 1. The second-order valence-electron chi connectivity index (χ2n) is 6.98. The fraction of sp³-hybridized carbons (Fsp3) is 0.684. The minimum Gasteiger partial charge on any atom is -0.343 e. The zero-order valence-corrected chi connectivity index (χ0v) is 15.8. The van der Waals surface area contributed by atoms with Crippen molar-refractivity contribution >= 4 is 17.6 Å². The van der Waals surface area contributed by atoms with Crippen molar-refractivity contribution in [2.75, 3.05) is 11.9 Å². The molecular formula is C19H30N4O2. The molecule has 1 N–H and O–H groups in total. The van der Waals surface area contributed by atoms with Gasteiger partial charge in [0, 0.05) is 37.0 Å². The molecule has 1 saturated carbocycles. The molecule has 0 saturated heterocycles. The number of aromatic nitrogens is 2. The summed E-state index contributed by atoms with van der Waals surface area (Å²) >= 11 is 0. The molecule has 2 rings (SSSR count). The summed E-state index contributed by atoms with van der Waals surface area (Å²) in [6.07, 6.45) is 8.94. The largest absolute Gasteiger partial charge is 0.343 e. The lowest BCUT2D eigenvalue weighted by Crippen LogP contribution is -2.35. The van der Waals surface area contributed by atoms with Crippen LogP contribution in [-0.4, -0.2) is 34.7 Å². The van der Waals surface area contributed by atoms with Gasteiger partial charge in [-0.3, -0.25) is 9.59 Å². The van der Waals surface area contributed by atoms with Gasteiger partial charge in [0.2, 0.25) is 11.7 Å². The summed E-state index contributed by atoms with van der Waals surface area (Å²) in [6.45, 7) is 5.66. The van der Waals surface area contributed by atoms with E-state index < -0.39 is 5.91 Å². The van der Waals surface area contributed by atoms with Crippen molar-refractivity contribution in [3.63, 3.8) is 0 Å². The van der Waals surface area contributed by atoms with Gasteiger partial charge in [-0.25, -0.2) is 9.97 Å². The number of carbonyl (C=O) groups is 2. The van der Waals surface area contributed by atoms with E-state index in [0.29, 0.717) is 12.5 Å². The SMILES string of the molecule is CCCC(=O)C(=O)N[C@H](C)c1cnc(N(C)C2CCCCC2)nc1C. The van der Waals surface area contributed by atoms with Crippen LogP contribution in [0.5, 0.6) is 0 Å². The Balaban J connectivity index is 2.05. The van der Waals surface area contributed by atoms with Crippen LogP contribution in [0, 0.1) is 6.92 Å². The number of carbonyl (C=O) groups excluding carboxylic acids is 2. The van der Waals surface area contributed by atoms with Crippen molar-refractivity contribution in [3.8, 4) is 0 Å². The molecule has 1 amide bonds. The molecule has 0 aromatic carbocycles. The van der Waals surface area contributed by atoms with Crippen LogP contribution >= 0.6 is 0 Å². The first-order valence-corrected chi connectivity index (χ1v) is 9.34. The number of ketones is 1. The molecule has 6 heteroatoms. The molecular weight excluding hydrogens is 316 g/mol. The van der Waals surface area contributed by atoms with Crippen molar-refractivity contribution in [1.82, 2.24) is 15.3 Å². The molecule has 0 radical (unpaired) electrons. The van der Waals surface area contributed by atoms with Gasteiger partial charge in [-0.2, -0.15) is 0 Å². The Labute approximate surface area is 150 Å². The molecule has 6 nitrogen and oxygen atoms in total. The monoisotopic (exact) mass is 346 g/mol. The van der Waals surface area contributed by atoms with E-state index in [4.69, 9.17) is 0 Å². The van der Waals surface area contributed by atoms with Gasteiger partial charge in [-0.05, 0) is 33.1 Å². The van der Waals surface area contributed by atoms with Gasteiger partial charge in [-0.1, -0.05) is 26.2 Å². The Morgan fingerprint density at radius 2 is 2.00 bits per heavy atom. The fourth-order valence-electron chi connectivity index (χ4n) is 3.39. The van der Waals surface area contributed by atoms with Crippen LogP contribution in [0.4, 0.5) is 5.95 Å².